The summed E-state index contributed by atoms with van der Waals surface area (Å²) in [5.41, 5.74) is 0. The van der Waals surface area contributed by atoms with Gasteiger partial charge in [0.25, 0.3) is 0 Å². The molecule has 1 aliphatic rings. The lowest BCUT2D eigenvalue weighted by Gasteiger charge is -2.33. The smallest absolute Gasteiger partial charge is 0.0958 e. The Labute approximate surface area is 62.8 Å². The summed E-state index contributed by atoms with van der Waals surface area (Å²) in [6.45, 7) is 3.53. The summed E-state index contributed by atoms with van der Waals surface area (Å²) in [4.78, 5) is 2.17. The highest BCUT2D eigenvalue weighted by molar-refractivity contribution is 4.72. The van der Waals surface area contributed by atoms with Crippen molar-refractivity contribution in [2.24, 2.45) is 0 Å². The Balaban J connectivity index is 2.34. The number of hydrogen-bond acceptors (Lipinski definition) is 2. The van der Waals surface area contributed by atoms with Gasteiger partial charge in [-0.05, 0) is 19.3 Å². The van der Waals surface area contributed by atoms with Crippen molar-refractivity contribution in [3.63, 3.8) is 0 Å². The molecule has 0 spiro atoms. The molecule has 1 heterocycles. The van der Waals surface area contributed by atoms with Crippen LogP contribution in [0.4, 0.5) is 0 Å². The Hall–Kier alpha value is -0.0800. The van der Waals surface area contributed by atoms with E-state index in [0.29, 0.717) is 6.04 Å². The van der Waals surface area contributed by atoms with E-state index in [4.69, 9.17) is 5.11 Å². The highest BCUT2D eigenvalue weighted by atomic mass is 16.3. The summed E-state index contributed by atoms with van der Waals surface area (Å²) in [5.74, 6) is 0. The minimum atomic E-state index is 0.249. The molecule has 0 aliphatic carbocycles. The largest absolute Gasteiger partial charge is 0.381 e. The van der Waals surface area contributed by atoms with Gasteiger partial charge in [0.1, 0.15) is 0 Å². The highest BCUT2D eigenvalue weighted by Crippen LogP contribution is 2.17. The zero-order valence-electron chi connectivity index (χ0n) is 6.71. The number of piperidine rings is 1. The number of nitrogens with zero attached hydrogens (tertiary/aromatic N) is 1. The first-order valence-corrected chi connectivity index (χ1v) is 4.23. The molecule has 1 saturated heterocycles. The first-order valence-electron chi connectivity index (χ1n) is 4.23. The van der Waals surface area contributed by atoms with Crippen molar-refractivity contribution in [2.45, 2.75) is 38.6 Å². The van der Waals surface area contributed by atoms with Gasteiger partial charge in [-0.2, -0.15) is 0 Å². The van der Waals surface area contributed by atoms with Crippen LogP contribution >= 0.6 is 0 Å². The molecule has 0 bridgehead atoms. The van der Waals surface area contributed by atoms with E-state index in [2.05, 4.69) is 11.8 Å². The van der Waals surface area contributed by atoms with Crippen molar-refractivity contribution in [2.75, 3.05) is 13.3 Å². The molecule has 0 aromatic carbocycles. The lowest BCUT2D eigenvalue weighted by atomic mass is 10.0. The van der Waals surface area contributed by atoms with Crippen LogP contribution < -0.4 is 0 Å². The first-order chi connectivity index (χ1) is 4.88. The van der Waals surface area contributed by atoms with Crippen LogP contribution in [0.2, 0.25) is 0 Å². The topological polar surface area (TPSA) is 23.5 Å². The molecule has 0 aromatic rings. The molecule has 1 rings (SSSR count). The minimum absolute atomic E-state index is 0.249. The normalized spacial score (nSPS) is 28.8. The lowest BCUT2D eigenvalue weighted by Crippen LogP contribution is -2.39. The van der Waals surface area contributed by atoms with Crippen LogP contribution in [0.15, 0.2) is 0 Å². The Morgan fingerprint density at radius 1 is 1.50 bits per heavy atom. The molecular formula is C8H17NO. The summed E-state index contributed by atoms with van der Waals surface area (Å²) in [6.07, 6.45) is 5.06. The maximum atomic E-state index is 8.92. The average Bonchev–Trinajstić information content (AvgIpc) is 2.04. The van der Waals surface area contributed by atoms with E-state index in [-0.39, 0.29) is 6.73 Å². The Morgan fingerprint density at radius 3 is 2.80 bits per heavy atom. The Morgan fingerprint density at radius 2 is 2.30 bits per heavy atom. The summed E-state index contributed by atoms with van der Waals surface area (Å²) in [5, 5.41) is 8.92. The van der Waals surface area contributed by atoms with Gasteiger partial charge >= 0.3 is 0 Å². The molecule has 0 aromatic heterocycles. The van der Waals surface area contributed by atoms with Gasteiger partial charge < -0.3 is 5.11 Å². The second-order valence-electron chi connectivity index (χ2n) is 3.01. The van der Waals surface area contributed by atoms with Crippen molar-refractivity contribution < 1.29 is 5.11 Å². The number of rotatable bonds is 2. The number of aliphatic hydroxyl groups is 1. The van der Waals surface area contributed by atoms with Gasteiger partial charge in [-0.1, -0.05) is 13.3 Å². The third-order valence-electron chi connectivity index (χ3n) is 2.40. The van der Waals surface area contributed by atoms with Gasteiger partial charge in [0.05, 0.1) is 6.73 Å². The molecule has 1 unspecified atom stereocenters. The molecular weight excluding hydrogens is 126 g/mol. The molecule has 1 N–H and O–H groups in total. The molecule has 1 atom stereocenters. The molecule has 2 nitrogen and oxygen atoms in total. The molecule has 0 radical (unpaired) electrons. The quantitative estimate of drug-likeness (QED) is 0.628. The maximum Gasteiger partial charge on any atom is 0.0958 e. The van der Waals surface area contributed by atoms with Crippen LogP contribution in [-0.2, 0) is 0 Å². The fourth-order valence-corrected chi connectivity index (χ4v) is 1.71. The van der Waals surface area contributed by atoms with Crippen LogP contribution in [0.5, 0.6) is 0 Å². The molecule has 0 saturated carbocycles. The second-order valence-corrected chi connectivity index (χ2v) is 3.01. The number of hydrogen-bond donors (Lipinski definition) is 1. The SMILES string of the molecule is CCC1CCCCN1CO. The monoisotopic (exact) mass is 143 g/mol. The van der Waals surface area contributed by atoms with E-state index in [9.17, 15) is 0 Å². The van der Waals surface area contributed by atoms with Crippen molar-refractivity contribution >= 4 is 0 Å². The van der Waals surface area contributed by atoms with Gasteiger partial charge in [-0.15, -0.1) is 0 Å². The van der Waals surface area contributed by atoms with Crippen LogP contribution in [0, 0.1) is 0 Å². The summed E-state index contributed by atoms with van der Waals surface area (Å²) < 4.78 is 0. The van der Waals surface area contributed by atoms with Crippen LogP contribution in [0.1, 0.15) is 32.6 Å². The Kier molecular flexibility index (Phi) is 3.16. The predicted octanol–water partition coefficient (Wildman–Crippen LogP) is 1.20. The van der Waals surface area contributed by atoms with Crippen molar-refractivity contribution in [3.05, 3.63) is 0 Å². The molecule has 60 valence electrons. The van der Waals surface area contributed by atoms with E-state index in [1.165, 1.54) is 25.7 Å². The van der Waals surface area contributed by atoms with Gasteiger partial charge in [0.15, 0.2) is 0 Å². The Bertz CT molecular complexity index is 83.3. The third-order valence-corrected chi connectivity index (χ3v) is 2.40. The maximum absolute atomic E-state index is 8.92. The van der Waals surface area contributed by atoms with Crippen LogP contribution in [0.3, 0.4) is 0 Å². The van der Waals surface area contributed by atoms with E-state index in [1.807, 2.05) is 0 Å². The van der Waals surface area contributed by atoms with Gasteiger partial charge in [0, 0.05) is 12.6 Å². The first kappa shape index (κ1) is 8.02. The van der Waals surface area contributed by atoms with E-state index in [0.717, 1.165) is 6.54 Å². The van der Waals surface area contributed by atoms with Crippen molar-refractivity contribution in [3.8, 4) is 0 Å². The number of aliphatic hydroxyl groups excluding tert-OH is 1. The summed E-state index contributed by atoms with van der Waals surface area (Å²) in [7, 11) is 0. The molecule has 10 heavy (non-hydrogen) atoms. The highest BCUT2D eigenvalue weighted by Gasteiger charge is 2.18. The molecule has 1 aliphatic heterocycles. The van der Waals surface area contributed by atoms with Gasteiger partial charge in [-0.3, -0.25) is 4.90 Å². The average molecular weight is 143 g/mol. The van der Waals surface area contributed by atoms with Crippen molar-refractivity contribution in [1.82, 2.24) is 4.90 Å². The third kappa shape index (κ3) is 1.70. The zero-order chi connectivity index (χ0) is 7.40. The minimum Gasteiger partial charge on any atom is -0.381 e. The van der Waals surface area contributed by atoms with E-state index >= 15 is 0 Å². The predicted molar refractivity (Wildman–Crippen MR) is 41.7 cm³/mol. The molecule has 1 fully saturated rings. The van der Waals surface area contributed by atoms with E-state index in [1.54, 1.807) is 0 Å². The van der Waals surface area contributed by atoms with Crippen LogP contribution in [-0.4, -0.2) is 29.3 Å². The van der Waals surface area contributed by atoms with Gasteiger partial charge in [-0.25, -0.2) is 0 Å². The second kappa shape index (κ2) is 3.94. The number of likely N-dealkylation sites (tertiary alicyclic amines) is 1. The molecule has 2 heteroatoms. The fourth-order valence-electron chi connectivity index (χ4n) is 1.71. The van der Waals surface area contributed by atoms with Crippen molar-refractivity contribution in [1.29, 1.82) is 0 Å². The van der Waals surface area contributed by atoms with Crippen LogP contribution in [0.25, 0.3) is 0 Å². The summed E-state index contributed by atoms with van der Waals surface area (Å²) in [6, 6.07) is 0.652. The standard InChI is InChI=1S/C8H17NO/c1-2-8-5-3-4-6-9(8)7-10/h8,10H,2-7H2,1H3. The zero-order valence-corrected chi connectivity index (χ0v) is 6.71. The van der Waals surface area contributed by atoms with E-state index < -0.39 is 0 Å². The van der Waals surface area contributed by atoms with Gasteiger partial charge in [0.2, 0.25) is 0 Å². The lowest BCUT2D eigenvalue weighted by molar-refractivity contribution is 0.0427. The summed E-state index contributed by atoms with van der Waals surface area (Å²) >= 11 is 0. The molecule has 0 amide bonds. The fraction of sp³-hybridized carbons (Fsp3) is 1.00.